The zero-order valence-corrected chi connectivity index (χ0v) is 8.31. The van der Waals surface area contributed by atoms with Gasteiger partial charge in [-0.05, 0) is 30.2 Å². The largest absolute Gasteiger partial charge is 0.314 e. The average molecular weight is 194 g/mol. The standard InChI is InChI=1S/C11H15FN2/c1-8-4-9(6-10(12)5-8)11-7-13-2-3-14-11/h4-6,11,13-14H,2-3,7H2,1H3. The molecule has 1 aromatic rings. The van der Waals surface area contributed by atoms with E-state index < -0.39 is 0 Å². The summed E-state index contributed by atoms with van der Waals surface area (Å²) in [7, 11) is 0. The van der Waals surface area contributed by atoms with Crippen LogP contribution in [-0.2, 0) is 0 Å². The molecule has 0 radical (unpaired) electrons. The number of benzene rings is 1. The molecule has 0 bridgehead atoms. The van der Waals surface area contributed by atoms with E-state index in [1.54, 1.807) is 12.1 Å². The highest BCUT2D eigenvalue weighted by Gasteiger charge is 2.14. The molecule has 1 heterocycles. The maximum absolute atomic E-state index is 13.1. The van der Waals surface area contributed by atoms with Crippen molar-refractivity contribution < 1.29 is 4.39 Å². The van der Waals surface area contributed by atoms with Crippen LogP contribution in [0, 0.1) is 12.7 Å². The molecule has 0 amide bonds. The molecule has 14 heavy (non-hydrogen) atoms. The predicted molar refractivity (Wildman–Crippen MR) is 54.8 cm³/mol. The van der Waals surface area contributed by atoms with Gasteiger partial charge < -0.3 is 10.6 Å². The Bertz CT molecular complexity index is 299. The number of hydrogen-bond donors (Lipinski definition) is 2. The second kappa shape index (κ2) is 4.07. The lowest BCUT2D eigenvalue weighted by Crippen LogP contribution is -2.42. The Kier molecular flexibility index (Phi) is 2.79. The molecule has 0 spiro atoms. The van der Waals surface area contributed by atoms with Crippen LogP contribution in [-0.4, -0.2) is 19.6 Å². The Balaban J connectivity index is 2.21. The van der Waals surface area contributed by atoms with Crippen LogP contribution in [0.15, 0.2) is 18.2 Å². The molecule has 0 saturated carbocycles. The summed E-state index contributed by atoms with van der Waals surface area (Å²) in [5, 5.41) is 6.65. The van der Waals surface area contributed by atoms with Gasteiger partial charge in [-0.15, -0.1) is 0 Å². The molecule has 2 nitrogen and oxygen atoms in total. The van der Waals surface area contributed by atoms with E-state index in [4.69, 9.17) is 0 Å². The Morgan fingerprint density at radius 2 is 2.14 bits per heavy atom. The summed E-state index contributed by atoms with van der Waals surface area (Å²) in [6.07, 6.45) is 0. The van der Waals surface area contributed by atoms with Gasteiger partial charge in [-0.1, -0.05) is 6.07 Å². The van der Waals surface area contributed by atoms with Crippen LogP contribution in [0.2, 0.25) is 0 Å². The first-order valence-corrected chi connectivity index (χ1v) is 4.97. The third-order valence-corrected chi connectivity index (χ3v) is 2.51. The Hall–Kier alpha value is -0.930. The Labute approximate surface area is 83.5 Å². The van der Waals surface area contributed by atoms with Crippen LogP contribution in [0.25, 0.3) is 0 Å². The van der Waals surface area contributed by atoms with Crippen molar-refractivity contribution in [2.75, 3.05) is 19.6 Å². The molecule has 2 rings (SSSR count). The summed E-state index contributed by atoms with van der Waals surface area (Å²) < 4.78 is 13.1. The van der Waals surface area contributed by atoms with Gasteiger partial charge in [0.1, 0.15) is 5.82 Å². The highest BCUT2D eigenvalue weighted by molar-refractivity contribution is 5.26. The van der Waals surface area contributed by atoms with Crippen molar-refractivity contribution in [2.24, 2.45) is 0 Å². The molecule has 1 aromatic carbocycles. The van der Waals surface area contributed by atoms with E-state index in [0.717, 1.165) is 30.8 Å². The maximum Gasteiger partial charge on any atom is 0.123 e. The highest BCUT2D eigenvalue weighted by Crippen LogP contribution is 2.16. The van der Waals surface area contributed by atoms with Crippen LogP contribution >= 0.6 is 0 Å². The van der Waals surface area contributed by atoms with Crippen molar-refractivity contribution in [3.05, 3.63) is 35.1 Å². The summed E-state index contributed by atoms with van der Waals surface area (Å²) in [6, 6.07) is 5.45. The lowest BCUT2D eigenvalue weighted by atomic mass is 10.0. The number of nitrogens with one attached hydrogen (secondary N) is 2. The lowest BCUT2D eigenvalue weighted by Gasteiger charge is -2.25. The monoisotopic (exact) mass is 194 g/mol. The fraction of sp³-hybridized carbons (Fsp3) is 0.455. The van der Waals surface area contributed by atoms with E-state index >= 15 is 0 Å². The molecule has 1 unspecified atom stereocenters. The summed E-state index contributed by atoms with van der Waals surface area (Å²) in [4.78, 5) is 0. The second-order valence-electron chi connectivity index (χ2n) is 3.77. The minimum absolute atomic E-state index is 0.146. The zero-order chi connectivity index (χ0) is 9.97. The van der Waals surface area contributed by atoms with Crippen LogP contribution in [0.5, 0.6) is 0 Å². The van der Waals surface area contributed by atoms with Gasteiger partial charge in [-0.3, -0.25) is 0 Å². The normalized spacial score (nSPS) is 22.3. The number of halogens is 1. The van der Waals surface area contributed by atoms with Crippen LogP contribution < -0.4 is 10.6 Å². The number of rotatable bonds is 1. The van der Waals surface area contributed by atoms with Gasteiger partial charge in [0, 0.05) is 25.7 Å². The van der Waals surface area contributed by atoms with Crippen molar-refractivity contribution >= 4 is 0 Å². The smallest absolute Gasteiger partial charge is 0.123 e. The van der Waals surface area contributed by atoms with Gasteiger partial charge in [0.25, 0.3) is 0 Å². The summed E-state index contributed by atoms with van der Waals surface area (Å²) >= 11 is 0. The van der Waals surface area contributed by atoms with Crippen molar-refractivity contribution in [3.8, 4) is 0 Å². The van der Waals surface area contributed by atoms with Crippen LogP contribution in [0.3, 0.4) is 0 Å². The molecule has 2 N–H and O–H groups in total. The van der Waals surface area contributed by atoms with Crippen molar-refractivity contribution in [1.29, 1.82) is 0 Å². The summed E-state index contributed by atoms with van der Waals surface area (Å²) in [5.74, 6) is -0.146. The molecule has 1 aliphatic rings. The van der Waals surface area contributed by atoms with Crippen LogP contribution in [0.4, 0.5) is 4.39 Å². The first-order valence-electron chi connectivity index (χ1n) is 4.97. The third-order valence-electron chi connectivity index (χ3n) is 2.51. The van der Waals surface area contributed by atoms with E-state index in [2.05, 4.69) is 10.6 Å². The molecule has 1 saturated heterocycles. The minimum atomic E-state index is -0.146. The molecular formula is C11H15FN2. The Morgan fingerprint density at radius 1 is 1.29 bits per heavy atom. The van der Waals surface area contributed by atoms with Gasteiger partial charge in [0.2, 0.25) is 0 Å². The van der Waals surface area contributed by atoms with E-state index in [0.29, 0.717) is 0 Å². The number of piperazine rings is 1. The molecule has 3 heteroatoms. The second-order valence-corrected chi connectivity index (χ2v) is 3.77. The van der Waals surface area contributed by atoms with Gasteiger partial charge in [-0.2, -0.15) is 0 Å². The maximum atomic E-state index is 13.1. The van der Waals surface area contributed by atoms with E-state index in [9.17, 15) is 4.39 Å². The third kappa shape index (κ3) is 2.11. The first-order chi connectivity index (χ1) is 6.75. The molecule has 0 aromatic heterocycles. The molecular weight excluding hydrogens is 179 g/mol. The van der Waals surface area contributed by atoms with Crippen molar-refractivity contribution in [1.82, 2.24) is 10.6 Å². The quantitative estimate of drug-likeness (QED) is 0.705. The topological polar surface area (TPSA) is 24.1 Å². The molecule has 0 aliphatic carbocycles. The molecule has 1 atom stereocenters. The van der Waals surface area contributed by atoms with Gasteiger partial charge in [0.05, 0.1) is 0 Å². The molecule has 76 valence electrons. The first kappa shape index (κ1) is 9.62. The Morgan fingerprint density at radius 3 is 2.79 bits per heavy atom. The lowest BCUT2D eigenvalue weighted by molar-refractivity contribution is 0.428. The van der Waals surface area contributed by atoms with Gasteiger partial charge in [-0.25, -0.2) is 4.39 Å². The molecule has 1 aliphatic heterocycles. The SMILES string of the molecule is Cc1cc(F)cc(C2CNCCN2)c1. The van der Waals surface area contributed by atoms with Crippen LogP contribution in [0.1, 0.15) is 17.2 Å². The van der Waals surface area contributed by atoms with E-state index in [-0.39, 0.29) is 11.9 Å². The summed E-state index contributed by atoms with van der Waals surface area (Å²) in [6.45, 7) is 4.73. The van der Waals surface area contributed by atoms with Crippen molar-refractivity contribution in [2.45, 2.75) is 13.0 Å². The summed E-state index contributed by atoms with van der Waals surface area (Å²) in [5.41, 5.74) is 2.02. The van der Waals surface area contributed by atoms with E-state index in [1.165, 1.54) is 0 Å². The molecule has 1 fully saturated rings. The minimum Gasteiger partial charge on any atom is -0.314 e. The average Bonchev–Trinajstić information content (AvgIpc) is 2.18. The van der Waals surface area contributed by atoms with Gasteiger partial charge >= 0.3 is 0 Å². The fourth-order valence-electron chi connectivity index (χ4n) is 1.85. The highest BCUT2D eigenvalue weighted by atomic mass is 19.1. The number of aryl methyl sites for hydroxylation is 1. The zero-order valence-electron chi connectivity index (χ0n) is 8.31. The van der Waals surface area contributed by atoms with Gasteiger partial charge in [0.15, 0.2) is 0 Å². The van der Waals surface area contributed by atoms with Crippen molar-refractivity contribution in [3.63, 3.8) is 0 Å². The van der Waals surface area contributed by atoms with E-state index in [1.807, 2.05) is 13.0 Å². The fourth-order valence-corrected chi connectivity index (χ4v) is 1.85. The number of hydrogen-bond acceptors (Lipinski definition) is 2. The predicted octanol–water partition coefficient (Wildman–Crippen LogP) is 1.37.